The molecule has 1 unspecified atom stereocenters. The van der Waals surface area contributed by atoms with E-state index in [0.717, 1.165) is 23.9 Å². The number of thiazole rings is 1. The van der Waals surface area contributed by atoms with E-state index in [1.165, 1.54) is 49.4 Å². The zero-order valence-corrected chi connectivity index (χ0v) is 12.6. The van der Waals surface area contributed by atoms with Gasteiger partial charge < -0.3 is 10.0 Å². The van der Waals surface area contributed by atoms with Crippen molar-refractivity contribution in [2.75, 3.05) is 13.1 Å². The van der Waals surface area contributed by atoms with Gasteiger partial charge in [-0.3, -0.25) is 0 Å². The molecule has 1 aromatic rings. The molecule has 106 valence electrons. The molecular formula is C15H24N2OS. The number of rotatable bonds is 5. The van der Waals surface area contributed by atoms with Gasteiger partial charge >= 0.3 is 0 Å². The topological polar surface area (TPSA) is 36.4 Å². The van der Waals surface area contributed by atoms with Gasteiger partial charge in [-0.2, -0.15) is 0 Å². The Bertz CT molecular complexity index is 428. The highest BCUT2D eigenvalue weighted by Crippen LogP contribution is 2.42. The molecule has 1 aliphatic heterocycles. The van der Waals surface area contributed by atoms with Gasteiger partial charge in [-0.1, -0.05) is 6.42 Å². The number of hydrogen-bond donors (Lipinski definition) is 1. The number of hydrogen-bond acceptors (Lipinski definition) is 4. The first-order chi connectivity index (χ1) is 9.28. The molecule has 0 bridgehead atoms. The van der Waals surface area contributed by atoms with E-state index in [9.17, 15) is 5.11 Å². The molecule has 4 heteroatoms. The molecule has 3 rings (SSSR count). The van der Waals surface area contributed by atoms with Crippen molar-refractivity contribution in [3.8, 4) is 0 Å². The molecule has 1 saturated heterocycles. The molecular weight excluding hydrogens is 256 g/mol. The monoisotopic (exact) mass is 280 g/mol. The smallest absolute Gasteiger partial charge is 0.0944 e. The van der Waals surface area contributed by atoms with Crippen molar-refractivity contribution >= 4 is 11.3 Å². The quantitative estimate of drug-likeness (QED) is 0.901. The maximum absolute atomic E-state index is 9.43. The second-order valence-corrected chi connectivity index (χ2v) is 7.15. The largest absolute Gasteiger partial charge is 0.391 e. The Morgan fingerprint density at radius 3 is 2.84 bits per heavy atom. The van der Waals surface area contributed by atoms with Crippen LogP contribution in [0, 0.1) is 0 Å². The van der Waals surface area contributed by atoms with E-state index < -0.39 is 0 Å². The van der Waals surface area contributed by atoms with Crippen molar-refractivity contribution in [2.45, 2.75) is 64.0 Å². The second kappa shape index (κ2) is 5.90. The van der Waals surface area contributed by atoms with E-state index in [0.29, 0.717) is 5.92 Å². The molecule has 0 amide bonds. The number of aliphatic hydroxyl groups excluding tert-OH is 1. The lowest BCUT2D eigenvalue weighted by molar-refractivity contribution is 0.163. The van der Waals surface area contributed by atoms with Crippen LogP contribution in [0.2, 0.25) is 0 Å². The van der Waals surface area contributed by atoms with Crippen LogP contribution in [0.3, 0.4) is 0 Å². The van der Waals surface area contributed by atoms with E-state index in [-0.39, 0.29) is 6.61 Å². The zero-order valence-electron chi connectivity index (χ0n) is 11.8. The van der Waals surface area contributed by atoms with Gasteiger partial charge in [-0.05, 0) is 39.2 Å². The molecule has 0 spiro atoms. The third-order valence-electron chi connectivity index (χ3n) is 4.43. The minimum Gasteiger partial charge on any atom is -0.391 e. The first kappa shape index (κ1) is 13.5. The molecule has 3 nitrogen and oxygen atoms in total. The number of aromatic nitrogens is 1. The number of aliphatic hydroxyl groups is 1. The molecule has 1 saturated carbocycles. The first-order valence-corrected chi connectivity index (χ1v) is 8.43. The van der Waals surface area contributed by atoms with Crippen LogP contribution < -0.4 is 0 Å². The summed E-state index contributed by atoms with van der Waals surface area (Å²) in [6, 6.07) is 0.730. The average molecular weight is 280 g/mol. The van der Waals surface area contributed by atoms with Crippen molar-refractivity contribution < 1.29 is 5.11 Å². The molecule has 2 aliphatic rings. The Labute approximate surface area is 119 Å². The van der Waals surface area contributed by atoms with Gasteiger partial charge in [-0.15, -0.1) is 11.3 Å². The van der Waals surface area contributed by atoms with Crippen molar-refractivity contribution in [2.24, 2.45) is 0 Å². The molecule has 0 radical (unpaired) electrons. The van der Waals surface area contributed by atoms with Crippen LogP contribution in [-0.4, -0.2) is 34.1 Å². The fraction of sp³-hybridized carbons (Fsp3) is 0.800. The molecule has 2 fully saturated rings. The SMILES string of the molecule is CC1CCCCN1CCc1nc(C2CC2)c(CO)s1. The van der Waals surface area contributed by atoms with Gasteiger partial charge in [0.15, 0.2) is 0 Å². The predicted molar refractivity (Wildman–Crippen MR) is 78.6 cm³/mol. The van der Waals surface area contributed by atoms with Crippen LogP contribution in [0.15, 0.2) is 0 Å². The number of nitrogens with zero attached hydrogens (tertiary/aromatic N) is 2. The summed E-state index contributed by atoms with van der Waals surface area (Å²) in [5.41, 5.74) is 1.20. The third kappa shape index (κ3) is 3.18. The average Bonchev–Trinajstić information content (AvgIpc) is 3.18. The van der Waals surface area contributed by atoms with Gasteiger partial charge in [0.2, 0.25) is 0 Å². The van der Waals surface area contributed by atoms with Crippen molar-refractivity contribution in [3.05, 3.63) is 15.6 Å². The molecule has 1 atom stereocenters. The fourth-order valence-corrected chi connectivity index (χ4v) is 4.04. The summed E-state index contributed by atoms with van der Waals surface area (Å²) in [7, 11) is 0. The Hall–Kier alpha value is -0.450. The highest BCUT2D eigenvalue weighted by Gasteiger charge is 2.29. The van der Waals surface area contributed by atoms with E-state index in [1.54, 1.807) is 11.3 Å². The van der Waals surface area contributed by atoms with E-state index in [2.05, 4.69) is 11.8 Å². The summed E-state index contributed by atoms with van der Waals surface area (Å²) in [6.45, 7) is 4.89. The molecule has 19 heavy (non-hydrogen) atoms. The Morgan fingerprint density at radius 1 is 1.32 bits per heavy atom. The highest BCUT2D eigenvalue weighted by atomic mass is 32.1. The summed E-state index contributed by atoms with van der Waals surface area (Å²) >= 11 is 1.73. The Kier molecular flexibility index (Phi) is 4.20. The van der Waals surface area contributed by atoms with E-state index in [1.807, 2.05) is 0 Å². The van der Waals surface area contributed by atoms with Gasteiger partial charge in [0.05, 0.1) is 22.2 Å². The molecule has 1 aromatic heterocycles. The lowest BCUT2D eigenvalue weighted by Gasteiger charge is -2.33. The van der Waals surface area contributed by atoms with Crippen molar-refractivity contribution in [3.63, 3.8) is 0 Å². The number of piperidine rings is 1. The van der Waals surface area contributed by atoms with E-state index >= 15 is 0 Å². The molecule has 1 aliphatic carbocycles. The molecule has 1 N–H and O–H groups in total. The van der Waals surface area contributed by atoms with Crippen LogP contribution in [0.5, 0.6) is 0 Å². The zero-order chi connectivity index (χ0) is 13.2. The summed E-state index contributed by atoms with van der Waals surface area (Å²) in [5.74, 6) is 0.654. The third-order valence-corrected chi connectivity index (χ3v) is 5.55. The maximum atomic E-state index is 9.43. The minimum absolute atomic E-state index is 0.170. The van der Waals surface area contributed by atoms with Crippen LogP contribution >= 0.6 is 11.3 Å². The minimum atomic E-state index is 0.170. The van der Waals surface area contributed by atoms with Crippen LogP contribution in [0.4, 0.5) is 0 Å². The maximum Gasteiger partial charge on any atom is 0.0944 e. The predicted octanol–water partition coefficient (Wildman–Crippen LogP) is 2.93. The Morgan fingerprint density at radius 2 is 2.16 bits per heavy atom. The molecule has 0 aromatic carbocycles. The summed E-state index contributed by atoms with van der Waals surface area (Å²) < 4.78 is 0. The van der Waals surface area contributed by atoms with Gasteiger partial charge in [-0.25, -0.2) is 4.98 Å². The van der Waals surface area contributed by atoms with Gasteiger partial charge in [0.1, 0.15) is 0 Å². The lowest BCUT2D eigenvalue weighted by Crippen LogP contribution is -2.38. The van der Waals surface area contributed by atoms with E-state index in [4.69, 9.17) is 4.98 Å². The fourth-order valence-electron chi connectivity index (χ4n) is 3.04. The number of likely N-dealkylation sites (tertiary alicyclic amines) is 1. The van der Waals surface area contributed by atoms with Gasteiger partial charge in [0, 0.05) is 24.9 Å². The standard InChI is InChI=1S/C15H24N2OS/c1-11-4-2-3-8-17(11)9-7-14-16-15(12-5-6-12)13(10-18)19-14/h11-12,18H,2-10H2,1H3. The van der Waals surface area contributed by atoms with Crippen LogP contribution in [0.25, 0.3) is 0 Å². The second-order valence-electron chi connectivity index (χ2n) is 5.98. The van der Waals surface area contributed by atoms with Gasteiger partial charge in [0.25, 0.3) is 0 Å². The van der Waals surface area contributed by atoms with Crippen LogP contribution in [0.1, 0.15) is 60.5 Å². The van der Waals surface area contributed by atoms with Crippen molar-refractivity contribution in [1.82, 2.24) is 9.88 Å². The Balaban J connectivity index is 1.60. The summed E-state index contributed by atoms with van der Waals surface area (Å²) in [6.07, 6.45) is 7.65. The highest BCUT2D eigenvalue weighted by molar-refractivity contribution is 7.11. The summed E-state index contributed by atoms with van der Waals surface area (Å²) in [4.78, 5) is 8.50. The lowest BCUT2D eigenvalue weighted by atomic mass is 10.0. The summed E-state index contributed by atoms with van der Waals surface area (Å²) in [5, 5.41) is 10.7. The first-order valence-electron chi connectivity index (χ1n) is 7.61. The van der Waals surface area contributed by atoms with Crippen LogP contribution in [-0.2, 0) is 13.0 Å². The van der Waals surface area contributed by atoms with Crippen molar-refractivity contribution in [1.29, 1.82) is 0 Å². The molecule has 2 heterocycles. The normalized spacial score (nSPS) is 24.8.